The monoisotopic (exact) mass is 296 g/mol. The zero-order valence-corrected chi connectivity index (χ0v) is 11.5. The van der Waals surface area contributed by atoms with Gasteiger partial charge in [0.2, 0.25) is 0 Å². The first-order valence-corrected chi connectivity index (χ1v) is 6.88. The minimum Gasteiger partial charge on any atom is -0.486 e. The summed E-state index contributed by atoms with van der Waals surface area (Å²) in [5.74, 6) is 0.721. The Labute approximate surface area is 124 Å². The molecule has 0 bridgehead atoms. The average Bonchev–Trinajstić information content (AvgIpc) is 2.89. The van der Waals surface area contributed by atoms with Crippen LogP contribution in [0.4, 0.5) is 0 Å². The molecule has 0 fully saturated rings. The minimum absolute atomic E-state index is 0.371. The number of nitrogens with zero attached hydrogens (tertiary/aromatic N) is 1. The first-order chi connectivity index (χ1) is 10.7. The molecule has 0 saturated carbocycles. The molecule has 0 radical (unpaired) electrons. The number of benzene rings is 2. The molecule has 6 nitrogen and oxygen atoms in total. The number of rotatable bonds is 1. The van der Waals surface area contributed by atoms with Gasteiger partial charge in [-0.15, -0.1) is 0 Å². The van der Waals surface area contributed by atoms with Gasteiger partial charge in [-0.3, -0.25) is 4.79 Å². The van der Waals surface area contributed by atoms with E-state index in [0.717, 1.165) is 4.57 Å². The number of para-hydroxylation sites is 2. The summed E-state index contributed by atoms with van der Waals surface area (Å²) in [4.78, 5) is 27.4. The third kappa shape index (κ3) is 1.88. The SMILES string of the molecule is O=C(c1ccc2c(c1)OCCO2)n1c(=O)[nH]c2ccccc21. The lowest BCUT2D eigenvalue weighted by Gasteiger charge is -2.18. The molecule has 0 aliphatic carbocycles. The molecular weight excluding hydrogens is 284 g/mol. The molecule has 3 aromatic rings. The number of aromatic amines is 1. The minimum atomic E-state index is -0.457. The molecule has 0 unspecified atom stereocenters. The van der Waals surface area contributed by atoms with Crippen LogP contribution in [0.2, 0.25) is 0 Å². The quantitative estimate of drug-likeness (QED) is 0.743. The number of ether oxygens (including phenoxy) is 2. The molecule has 1 aliphatic heterocycles. The van der Waals surface area contributed by atoms with Crippen molar-refractivity contribution in [3.63, 3.8) is 0 Å². The van der Waals surface area contributed by atoms with E-state index >= 15 is 0 Å². The molecule has 0 atom stereocenters. The first kappa shape index (κ1) is 12.7. The number of carbonyl (C=O) groups excluding carboxylic acids is 1. The summed E-state index contributed by atoms with van der Waals surface area (Å²) in [6, 6.07) is 12.0. The standard InChI is InChI=1S/C16H12N2O4/c19-15(10-5-6-13-14(9-10)22-8-7-21-13)18-12-4-2-1-3-11(12)17-16(18)20/h1-6,9H,7-8H2,(H,17,20). The Morgan fingerprint density at radius 2 is 1.82 bits per heavy atom. The lowest BCUT2D eigenvalue weighted by molar-refractivity contribution is 0.0960. The molecule has 110 valence electrons. The highest BCUT2D eigenvalue weighted by molar-refractivity contribution is 6.01. The van der Waals surface area contributed by atoms with Crippen LogP contribution in [0.5, 0.6) is 11.5 Å². The topological polar surface area (TPSA) is 73.3 Å². The maximum atomic E-state index is 12.7. The third-order valence-electron chi connectivity index (χ3n) is 3.58. The molecule has 0 amide bonds. The second-order valence-corrected chi connectivity index (χ2v) is 4.95. The second kappa shape index (κ2) is 4.77. The van der Waals surface area contributed by atoms with Crippen LogP contribution in [-0.2, 0) is 0 Å². The van der Waals surface area contributed by atoms with E-state index in [-0.39, 0.29) is 0 Å². The second-order valence-electron chi connectivity index (χ2n) is 4.95. The molecule has 0 spiro atoms. The number of hydrogen-bond acceptors (Lipinski definition) is 4. The highest BCUT2D eigenvalue weighted by atomic mass is 16.6. The van der Waals surface area contributed by atoms with Gasteiger partial charge in [0.05, 0.1) is 11.0 Å². The van der Waals surface area contributed by atoms with Crippen LogP contribution in [-0.4, -0.2) is 28.7 Å². The molecular formula is C16H12N2O4. The molecule has 2 heterocycles. The van der Waals surface area contributed by atoms with Crippen LogP contribution in [0.1, 0.15) is 10.4 Å². The zero-order chi connectivity index (χ0) is 15.1. The number of fused-ring (bicyclic) bond motifs is 2. The number of hydrogen-bond donors (Lipinski definition) is 1. The fourth-order valence-electron chi connectivity index (χ4n) is 2.56. The first-order valence-electron chi connectivity index (χ1n) is 6.88. The van der Waals surface area contributed by atoms with E-state index in [1.54, 1.807) is 42.5 Å². The summed E-state index contributed by atoms with van der Waals surface area (Å²) in [6.07, 6.45) is 0. The lowest BCUT2D eigenvalue weighted by atomic mass is 10.1. The summed E-state index contributed by atoms with van der Waals surface area (Å²) in [7, 11) is 0. The van der Waals surface area contributed by atoms with Crippen LogP contribution in [0.3, 0.4) is 0 Å². The van der Waals surface area contributed by atoms with Crippen molar-refractivity contribution >= 4 is 16.9 Å². The van der Waals surface area contributed by atoms with Crippen LogP contribution in [0, 0.1) is 0 Å². The number of H-pyrrole nitrogens is 1. The van der Waals surface area contributed by atoms with Gasteiger partial charge in [0.1, 0.15) is 13.2 Å². The fourth-order valence-corrected chi connectivity index (χ4v) is 2.56. The van der Waals surface area contributed by atoms with Crippen molar-refractivity contribution in [2.45, 2.75) is 0 Å². The van der Waals surface area contributed by atoms with Crippen molar-refractivity contribution in [2.24, 2.45) is 0 Å². The summed E-state index contributed by atoms with van der Waals surface area (Å²) < 4.78 is 12.0. The molecule has 22 heavy (non-hydrogen) atoms. The van der Waals surface area contributed by atoms with Crippen molar-refractivity contribution < 1.29 is 14.3 Å². The summed E-state index contributed by atoms with van der Waals surface area (Å²) in [5.41, 5.74) is 1.09. The number of aromatic nitrogens is 2. The van der Waals surface area contributed by atoms with Gasteiger partial charge in [0.25, 0.3) is 5.91 Å². The highest BCUT2D eigenvalue weighted by Crippen LogP contribution is 2.31. The van der Waals surface area contributed by atoms with Crippen molar-refractivity contribution in [2.75, 3.05) is 13.2 Å². The maximum Gasteiger partial charge on any atom is 0.333 e. The van der Waals surface area contributed by atoms with E-state index in [1.165, 1.54) is 0 Å². The van der Waals surface area contributed by atoms with E-state index in [9.17, 15) is 9.59 Å². The van der Waals surface area contributed by atoms with Gasteiger partial charge in [-0.25, -0.2) is 9.36 Å². The number of nitrogens with one attached hydrogen (secondary N) is 1. The smallest absolute Gasteiger partial charge is 0.333 e. The Hall–Kier alpha value is -3.02. The predicted octanol–water partition coefficient (Wildman–Crippen LogP) is 1.79. The number of carbonyl (C=O) groups is 1. The van der Waals surface area contributed by atoms with Crippen molar-refractivity contribution in [3.05, 3.63) is 58.5 Å². The molecule has 1 N–H and O–H groups in total. The summed E-state index contributed by atoms with van der Waals surface area (Å²) in [5, 5.41) is 0. The van der Waals surface area contributed by atoms with Gasteiger partial charge < -0.3 is 14.5 Å². The van der Waals surface area contributed by atoms with Gasteiger partial charge in [-0.2, -0.15) is 0 Å². The highest BCUT2D eigenvalue weighted by Gasteiger charge is 2.19. The average molecular weight is 296 g/mol. The lowest BCUT2D eigenvalue weighted by Crippen LogP contribution is -2.25. The van der Waals surface area contributed by atoms with Crippen LogP contribution >= 0.6 is 0 Å². The summed E-state index contributed by atoms with van der Waals surface area (Å²) >= 11 is 0. The van der Waals surface area contributed by atoms with E-state index in [4.69, 9.17) is 9.47 Å². The largest absolute Gasteiger partial charge is 0.486 e. The van der Waals surface area contributed by atoms with Crippen molar-refractivity contribution in [3.8, 4) is 11.5 Å². The van der Waals surface area contributed by atoms with E-state index in [2.05, 4.69) is 4.98 Å². The number of imidazole rings is 1. The van der Waals surface area contributed by atoms with Gasteiger partial charge >= 0.3 is 5.69 Å². The van der Waals surface area contributed by atoms with Gasteiger partial charge in [0.15, 0.2) is 11.5 Å². The normalized spacial score (nSPS) is 13.3. The van der Waals surface area contributed by atoms with E-state index < -0.39 is 11.6 Å². The van der Waals surface area contributed by atoms with E-state index in [0.29, 0.717) is 41.3 Å². The van der Waals surface area contributed by atoms with E-state index in [1.807, 2.05) is 0 Å². The Bertz CT molecular complexity index is 939. The fraction of sp³-hybridized carbons (Fsp3) is 0.125. The molecule has 0 saturated heterocycles. The Kier molecular flexibility index (Phi) is 2.75. The van der Waals surface area contributed by atoms with Crippen molar-refractivity contribution in [1.29, 1.82) is 0 Å². The maximum absolute atomic E-state index is 12.7. The Morgan fingerprint density at radius 3 is 2.68 bits per heavy atom. The molecule has 6 heteroatoms. The predicted molar refractivity (Wildman–Crippen MR) is 79.7 cm³/mol. The third-order valence-corrected chi connectivity index (χ3v) is 3.58. The molecule has 2 aromatic carbocycles. The van der Waals surface area contributed by atoms with Crippen molar-refractivity contribution in [1.82, 2.24) is 9.55 Å². The molecule has 4 rings (SSSR count). The Balaban J connectivity index is 1.84. The van der Waals surface area contributed by atoms with Crippen LogP contribution in [0.15, 0.2) is 47.3 Å². The van der Waals surface area contributed by atoms with Gasteiger partial charge in [-0.05, 0) is 30.3 Å². The van der Waals surface area contributed by atoms with Gasteiger partial charge in [-0.1, -0.05) is 12.1 Å². The van der Waals surface area contributed by atoms with Gasteiger partial charge in [0, 0.05) is 5.56 Å². The van der Waals surface area contributed by atoms with Crippen LogP contribution < -0.4 is 15.2 Å². The molecule has 1 aromatic heterocycles. The molecule has 1 aliphatic rings. The Morgan fingerprint density at radius 1 is 1.05 bits per heavy atom. The zero-order valence-electron chi connectivity index (χ0n) is 11.5. The summed E-state index contributed by atoms with van der Waals surface area (Å²) in [6.45, 7) is 0.930. The van der Waals surface area contributed by atoms with Crippen LogP contribution in [0.25, 0.3) is 11.0 Å².